The molecule has 1 aromatic carbocycles. The van der Waals surface area contributed by atoms with Gasteiger partial charge in [-0.1, -0.05) is 0 Å². The third-order valence-corrected chi connectivity index (χ3v) is 2.41. The molecule has 0 radical (unpaired) electrons. The topological polar surface area (TPSA) is 38.7 Å². The summed E-state index contributed by atoms with van der Waals surface area (Å²) in [5.41, 5.74) is -0.134. The lowest BCUT2D eigenvalue weighted by Crippen LogP contribution is -2.17. The molecule has 0 fully saturated rings. The van der Waals surface area contributed by atoms with Gasteiger partial charge in [0, 0.05) is 17.2 Å². The molecule has 90 valence electrons. The molecule has 1 N–H and O–H groups in total. The first-order valence-corrected chi connectivity index (χ1v) is 4.97. The zero-order valence-electron chi connectivity index (χ0n) is 10.0. The normalized spacial score (nSPS) is 11.4. The molecular formula is C12H17FO3. The van der Waals surface area contributed by atoms with Crippen LogP contribution in [0.1, 0.15) is 25.0 Å². The van der Waals surface area contributed by atoms with Gasteiger partial charge in [-0.3, -0.25) is 0 Å². The molecule has 1 rings (SSSR count). The first-order valence-electron chi connectivity index (χ1n) is 4.97. The highest BCUT2D eigenvalue weighted by molar-refractivity contribution is 5.48. The maximum atomic E-state index is 12.8. The number of aliphatic hydroxyl groups is 1. The minimum atomic E-state index is -1.08. The summed E-state index contributed by atoms with van der Waals surface area (Å²) in [6, 6.07) is 3.15. The van der Waals surface area contributed by atoms with Gasteiger partial charge in [0.25, 0.3) is 0 Å². The van der Waals surface area contributed by atoms with Crippen LogP contribution in [0.4, 0.5) is 4.39 Å². The summed E-state index contributed by atoms with van der Waals surface area (Å²) >= 11 is 0. The second-order valence-corrected chi connectivity index (χ2v) is 4.06. The first kappa shape index (κ1) is 12.8. The summed E-state index contributed by atoms with van der Waals surface area (Å²) in [5.74, 6) is 0.911. The highest BCUT2D eigenvalue weighted by Gasteiger charge is 2.23. The minimum absolute atomic E-state index is 0.403. The maximum Gasteiger partial charge on any atom is 0.128 e. The lowest BCUT2D eigenvalue weighted by atomic mass is 9.95. The zero-order valence-corrected chi connectivity index (χ0v) is 10.0. The van der Waals surface area contributed by atoms with Gasteiger partial charge >= 0.3 is 0 Å². The standard InChI is InChI=1S/C12H17FO3/c1-12(2,14)9-5-8(7-13)10(15-3)6-11(9)16-4/h5-6,14H,7H2,1-4H3. The van der Waals surface area contributed by atoms with Crippen molar-refractivity contribution in [2.45, 2.75) is 26.1 Å². The van der Waals surface area contributed by atoms with Gasteiger partial charge in [-0.15, -0.1) is 0 Å². The number of hydrogen-bond donors (Lipinski definition) is 1. The number of ether oxygens (including phenoxy) is 2. The molecule has 1 aromatic rings. The van der Waals surface area contributed by atoms with E-state index < -0.39 is 12.3 Å². The van der Waals surface area contributed by atoms with Crippen LogP contribution in [-0.2, 0) is 12.3 Å². The summed E-state index contributed by atoms with van der Waals surface area (Å²) in [5, 5.41) is 9.94. The van der Waals surface area contributed by atoms with E-state index in [1.54, 1.807) is 26.0 Å². The molecule has 16 heavy (non-hydrogen) atoms. The highest BCUT2D eigenvalue weighted by atomic mass is 19.1. The summed E-state index contributed by atoms with van der Waals surface area (Å²) in [6.07, 6.45) is 0. The van der Waals surface area contributed by atoms with Crippen LogP contribution in [-0.4, -0.2) is 19.3 Å². The number of hydrogen-bond acceptors (Lipinski definition) is 3. The van der Waals surface area contributed by atoms with Crippen molar-refractivity contribution in [2.75, 3.05) is 14.2 Å². The fourth-order valence-corrected chi connectivity index (χ4v) is 1.55. The molecule has 0 heterocycles. The predicted molar refractivity (Wildman–Crippen MR) is 59.6 cm³/mol. The zero-order chi connectivity index (χ0) is 12.3. The Morgan fingerprint density at radius 3 is 2.12 bits per heavy atom. The molecule has 0 bridgehead atoms. The summed E-state index contributed by atoms with van der Waals surface area (Å²) in [6.45, 7) is 2.61. The monoisotopic (exact) mass is 228 g/mol. The predicted octanol–water partition coefficient (Wildman–Crippen LogP) is 2.40. The molecule has 0 amide bonds. The molecule has 0 spiro atoms. The van der Waals surface area contributed by atoms with Crippen molar-refractivity contribution in [3.8, 4) is 11.5 Å². The van der Waals surface area contributed by atoms with E-state index in [1.165, 1.54) is 14.2 Å². The van der Waals surface area contributed by atoms with Crippen LogP contribution >= 0.6 is 0 Å². The van der Waals surface area contributed by atoms with Crippen molar-refractivity contribution in [1.29, 1.82) is 0 Å². The van der Waals surface area contributed by atoms with E-state index in [9.17, 15) is 9.50 Å². The van der Waals surface area contributed by atoms with Crippen molar-refractivity contribution in [3.63, 3.8) is 0 Å². The van der Waals surface area contributed by atoms with Crippen LogP contribution in [0.5, 0.6) is 11.5 Å². The quantitative estimate of drug-likeness (QED) is 0.860. The highest BCUT2D eigenvalue weighted by Crippen LogP contribution is 2.35. The number of methoxy groups -OCH3 is 2. The van der Waals surface area contributed by atoms with E-state index in [2.05, 4.69) is 0 Å². The van der Waals surface area contributed by atoms with Gasteiger partial charge in [0.1, 0.15) is 18.2 Å². The summed E-state index contributed by atoms with van der Waals surface area (Å²) in [7, 11) is 2.97. The number of halogens is 1. The molecule has 0 unspecified atom stereocenters. The van der Waals surface area contributed by atoms with E-state index in [0.29, 0.717) is 22.6 Å². The maximum absolute atomic E-state index is 12.8. The molecule has 0 saturated heterocycles. The SMILES string of the molecule is COc1cc(OC)c(C(C)(C)O)cc1CF. The lowest BCUT2D eigenvalue weighted by molar-refractivity contribution is 0.0754. The average Bonchev–Trinajstić information content (AvgIpc) is 2.25. The Bertz CT molecular complexity index is 369. The Hall–Kier alpha value is -1.29. The van der Waals surface area contributed by atoms with E-state index in [-0.39, 0.29) is 0 Å². The van der Waals surface area contributed by atoms with Gasteiger partial charge in [-0.2, -0.15) is 0 Å². The van der Waals surface area contributed by atoms with Crippen molar-refractivity contribution in [3.05, 3.63) is 23.3 Å². The third kappa shape index (κ3) is 2.44. The van der Waals surface area contributed by atoms with Gasteiger partial charge in [-0.25, -0.2) is 4.39 Å². The summed E-state index contributed by atoms with van der Waals surface area (Å²) < 4.78 is 23.0. The van der Waals surface area contributed by atoms with Gasteiger partial charge in [0.15, 0.2) is 0 Å². The average molecular weight is 228 g/mol. The number of benzene rings is 1. The second kappa shape index (κ2) is 4.70. The Labute approximate surface area is 94.8 Å². The fourth-order valence-electron chi connectivity index (χ4n) is 1.55. The van der Waals surface area contributed by atoms with Crippen molar-refractivity contribution >= 4 is 0 Å². The van der Waals surface area contributed by atoms with Crippen LogP contribution in [0.15, 0.2) is 12.1 Å². The fraction of sp³-hybridized carbons (Fsp3) is 0.500. The molecular weight excluding hydrogens is 211 g/mol. The van der Waals surface area contributed by atoms with E-state index in [4.69, 9.17) is 9.47 Å². The molecule has 0 aliphatic heterocycles. The largest absolute Gasteiger partial charge is 0.496 e. The van der Waals surface area contributed by atoms with Gasteiger partial charge in [0.2, 0.25) is 0 Å². The van der Waals surface area contributed by atoms with Crippen LogP contribution in [0.3, 0.4) is 0 Å². The smallest absolute Gasteiger partial charge is 0.128 e. The Kier molecular flexibility index (Phi) is 3.75. The lowest BCUT2D eigenvalue weighted by Gasteiger charge is -2.22. The molecule has 0 aliphatic rings. The molecule has 0 atom stereocenters. The minimum Gasteiger partial charge on any atom is -0.496 e. The summed E-state index contributed by atoms with van der Waals surface area (Å²) in [4.78, 5) is 0. The van der Waals surface area contributed by atoms with Crippen LogP contribution < -0.4 is 9.47 Å². The van der Waals surface area contributed by atoms with Crippen LogP contribution in [0, 0.1) is 0 Å². The Morgan fingerprint density at radius 2 is 1.75 bits per heavy atom. The van der Waals surface area contributed by atoms with Crippen molar-refractivity contribution < 1.29 is 19.0 Å². The number of alkyl halides is 1. The first-order chi connectivity index (χ1) is 7.43. The van der Waals surface area contributed by atoms with E-state index >= 15 is 0 Å². The van der Waals surface area contributed by atoms with E-state index in [1.807, 2.05) is 0 Å². The second-order valence-electron chi connectivity index (χ2n) is 4.06. The molecule has 0 saturated carbocycles. The Morgan fingerprint density at radius 1 is 1.19 bits per heavy atom. The van der Waals surface area contributed by atoms with Gasteiger partial charge in [0.05, 0.1) is 19.8 Å². The molecule has 0 aliphatic carbocycles. The van der Waals surface area contributed by atoms with Crippen LogP contribution in [0.25, 0.3) is 0 Å². The van der Waals surface area contributed by atoms with Crippen molar-refractivity contribution in [2.24, 2.45) is 0 Å². The molecule has 0 aromatic heterocycles. The number of rotatable bonds is 4. The third-order valence-electron chi connectivity index (χ3n) is 2.41. The molecule has 4 heteroatoms. The van der Waals surface area contributed by atoms with Crippen LogP contribution in [0.2, 0.25) is 0 Å². The van der Waals surface area contributed by atoms with E-state index in [0.717, 1.165) is 0 Å². The molecule has 3 nitrogen and oxygen atoms in total. The van der Waals surface area contributed by atoms with Gasteiger partial charge < -0.3 is 14.6 Å². The van der Waals surface area contributed by atoms with Crippen molar-refractivity contribution in [1.82, 2.24) is 0 Å². The Balaban J connectivity index is 3.38. The van der Waals surface area contributed by atoms with Gasteiger partial charge in [-0.05, 0) is 19.9 Å².